The number of hydrogen-bond donors (Lipinski definition) is 5. The summed E-state index contributed by atoms with van der Waals surface area (Å²) < 4.78 is 0. The largest absolute Gasteiger partial charge is 0.481 e. The molecule has 168 valence electrons. The molecule has 0 unspecified atom stereocenters. The first-order valence-electron chi connectivity index (χ1n) is 8.88. The summed E-state index contributed by atoms with van der Waals surface area (Å²) >= 11 is 0. The molecule has 10 heteroatoms. The Hall–Kier alpha value is -2.65. The average Bonchev–Trinajstić information content (AvgIpc) is 2.47. The fourth-order valence-electron chi connectivity index (χ4n) is 0.855. The van der Waals surface area contributed by atoms with Crippen LogP contribution < -0.4 is 0 Å². The van der Waals surface area contributed by atoms with E-state index in [1.807, 2.05) is 27.7 Å². The second-order valence-electron chi connectivity index (χ2n) is 5.09. The average molecular weight is 412 g/mol. The predicted molar refractivity (Wildman–Crippen MR) is 103 cm³/mol. The van der Waals surface area contributed by atoms with Crippen molar-refractivity contribution in [3.63, 3.8) is 0 Å². The first-order chi connectivity index (χ1) is 12.8. The third kappa shape index (κ3) is 133. The van der Waals surface area contributed by atoms with Crippen LogP contribution in [0, 0.1) is 0 Å². The zero-order valence-electron chi connectivity index (χ0n) is 17.4. The molecule has 0 atom stereocenters. The second-order valence-corrected chi connectivity index (χ2v) is 5.09. The Bertz CT molecular complexity index is 337. The van der Waals surface area contributed by atoms with Crippen LogP contribution in [0.15, 0.2) is 0 Å². The van der Waals surface area contributed by atoms with Crippen LogP contribution in [0.3, 0.4) is 0 Å². The summed E-state index contributed by atoms with van der Waals surface area (Å²) in [6, 6.07) is 0. The standard InChI is InChI=1S/4C4H8O2.C2H4O2/c4*1-2-3-4(5)6;1-2(3)4/h4*2-3H2,1H3,(H,5,6);1H3,(H,3,4). The van der Waals surface area contributed by atoms with Gasteiger partial charge in [0.1, 0.15) is 0 Å². The van der Waals surface area contributed by atoms with E-state index in [2.05, 4.69) is 0 Å². The van der Waals surface area contributed by atoms with E-state index in [0.29, 0.717) is 25.7 Å². The molecule has 0 fully saturated rings. The van der Waals surface area contributed by atoms with Crippen molar-refractivity contribution in [3.8, 4) is 0 Å². The van der Waals surface area contributed by atoms with Gasteiger partial charge in [0.25, 0.3) is 5.97 Å². The van der Waals surface area contributed by atoms with E-state index in [-0.39, 0.29) is 0 Å². The molecule has 0 saturated heterocycles. The fourth-order valence-corrected chi connectivity index (χ4v) is 0.855. The van der Waals surface area contributed by atoms with Crippen LogP contribution in [-0.4, -0.2) is 55.4 Å². The third-order valence-electron chi connectivity index (χ3n) is 1.86. The highest BCUT2D eigenvalue weighted by atomic mass is 16.4. The number of carbonyl (C=O) groups is 5. The van der Waals surface area contributed by atoms with Gasteiger partial charge in [0.2, 0.25) is 0 Å². The van der Waals surface area contributed by atoms with Crippen LogP contribution in [-0.2, 0) is 24.0 Å². The number of rotatable bonds is 8. The highest BCUT2D eigenvalue weighted by Crippen LogP contribution is 1.83. The Balaban J connectivity index is -0.0000000793. The summed E-state index contributed by atoms with van der Waals surface area (Å²) in [5.41, 5.74) is 0. The molecule has 0 radical (unpaired) electrons. The Morgan fingerprint density at radius 3 is 0.571 bits per heavy atom. The Morgan fingerprint density at radius 1 is 0.464 bits per heavy atom. The SMILES string of the molecule is CC(=O)O.CCCC(=O)O.CCCC(=O)O.CCCC(=O)O.CCCC(=O)O. The van der Waals surface area contributed by atoms with Gasteiger partial charge in [-0.05, 0) is 25.7 Å². The molecule has 0 spiro atoms. The molecule has 10 nitrogen and oxygen atoms in total. The van der Waals surface area contributed by atoms with Crippen molar-refractivity contribution in [2.24, 2.45) is 0 Å². The topological polar surface area (TPSA) is 186 Å². The smallest absolute Gasteiger partial charge is 0.303 e. The minimum atomic E-state index is -0.833. The molecule has 0 aliphatic heterocycles. The highest BCUT2D eigenvalue weighted by Gasteiger charge is 1.89. The Morgan fingerprint density at radius 2 is 0.571 bits per heavy atom. The van der Waals surface area contributed by atoms with E-state index in [0.717, 1.165) is 32.6 Å². The van der Waals surface area contributed by atoms with Gasteiger partial charge in [0.05, 0.1) is 0 Å². The maximum Gasteiger partial charge on any atom is 0.303 e. The molecule has 0 aliphatic rings. The van der Waals surface area contributed by atoms with Crippen molar-refractivity contribution < 1.29 is 49.5 Å². The normalized spacial score (nSPS) is 7.89. The molecule has 0 aromatic rings. The maximum absolute atomic E-state index is 9.60. The zero-order valence-corrected chi connectivity index (χ0v) is 17.4. The van der Waals surface area contributed by atoms with E-state index >= 15 is 0 Å². The molecular weight excluding hydrogens is 376 g/mol. The van der Waals surface area contributed by atoms with Crippen LogP contribution in [0.5, 0.6) is 0 Å². The van der Waals surface area contributed by atoms with Gasteiger partial charge >= 0.3 is 23.9 Å². The lowest BCUT2D eigenvalue weighted by Gasteiger charge is -1.79. The van der Waals surface area contributed by atoms with Crippen molar-refractivity contribution in [1.82, 2.24) is 0 Å². The molecule has 0 bridgehead atoms. The lowest BCUT2D eigenvalue weighted by atomic mass is 10.4. The van der Waals surface area contributed by atoms with Crippen molar-refractivity contribution in [1.29, 1.82) is 0 Å². The number of carboxylic acid groups (broad SMARTS) is 5. The summed E-state index contributed by atoms with van der Waals surface area (Å²) in [6.07, 6.45) is 4.09. The fraction of sp³-hybridized carbons (Fsp3) is 0.722. The van der Waals surface area contributed by atoms with Crippen molar-refractivity contribution in [3.05, 3.63) is 0 Å². The first-order valence-corrected chi connectivity index (χ1v) is 8.88. The minimum Gasteiger partial charge on any atom is -0.481 e. The van der Waals surface area contributed by atoms with Gasteiger partial charge in [-0.1, -0.05) is 27.7 Å². The zero-order chi connectivity index (χ0) is 23.5. The van der Waals surface area contributed by atoms with Crippen LogP contribution in [0.1, 0.15) is 86.0 Å². The lowest BCUT2D eigenvalue weighted by molar-refractivity contribution is -0.138. The molecule has 28 heavy (non-hydrogen) atoms. The quantitative estimate of drug-likeness (QED) is 0.394. The van der Waals surface area contributed by atoms with Crippen LogP contribution in [0.25, 0.3) is 0 Å². The van der Waals surface area contributed by atoms with Crippen molar-refractivity contribution in [2.75, 3.05) is 0 Å². The summed E-state index contributed by atoms with van der Waals surface area (Å²) in [7, 11) is 0. The third-order valence-corrected chi connectivity index (χ3v) is 1.86. The second kappa shape index (κ2) is 32.1. The van der Waals surface area contributed by atoms with Crippen molar-refractivity contribution >= 4 is 29.8 Å². The predicted octanol–water partition coefficient (Wildman–Crippen LogP) is 3.58. The molecule has 0 heterocycles. The molecule has 0 aromatic heterocycles. The molecule has 0 rings (SSSR count). The molecule has 0 aliphatic carbocycles. The minimum absolute atomic E-state index is 0.292. The van der Waals surface area contributed by atoms with Gasteiger partial charge in [0, 0.05) is 32.6 Å². The van der Waals surface area contributed by atoms with E-state index in [9.17, 15) is 19.2 Å². The van der Waals surface area contributed by atoms with Gasteiger partial charge in [0.15, 0.2) is 0 Å². The summed E-state index contributed by atoms with van der Waals surface area (Å²) in [5.74, 6) is -3.68. The van der Waals surface area contributed by atoms with Gasteiger partial charge in [-0.2, -0.15) is 0 Å². The summed E-state index contributed by atoms with van der Waals surface area (Å²) in [4.78, 5) is 47.4. The number of hydrogen-bond acceptors (Lipinski definition) is 5. The van der Waals surface area contributed by atoms with E-state index in [4.69, 9.17) is 30.3 Å². The molecule has 0 amide bonds. The van der Waals surface area contributed by atoms with E-state index in [1.165, 1.54) is 0 Å². The Kier molecular flexibility index (Phi) is 41.6. The monoisotopic (exact) mass is 412 g/mol. The molecule has 5 N–H and O–H groups in total. The van der Waals surface area contributed by atoms with Gasteiger partial charge in [-0.25, -0.2) is 0 Å². The van der Waals surface area contributed by atoms with E-state index < -0.39 is 29.8 Å². The lowest BCUT2D eigenvalue weighted by Crippen LogP contribution is -1.90. The Labute approximate surface area is 166 Å². The number of carboxylic acids is 5. The van der Waals surface area contributed by atoms with Crippen molar-refractivity contribution in [2.45, 2.75) is 86.0 Å². The molecule has 0 aromatic carbocycles. The van der Waals surface area contributed by atoms with Gasteiger partial charge in [-0.3, -0.25) is 24.0 Å². The van der Waals surface area contributed by atoms with Gasteiger partial charge in [-0.15, -0.1) is 0 Å². The summed E-state index contributed by atoms with van der Waals surface area (Å²) in [5, 5.41) is 39.1. The van der Waals surface area contributed by atoms with Crippen LogP contribution >= 0.6 is 0 Å². The molecular formula is C18H36O10. The van der Waals surface area contributed by atoms with E-state index in [1.54, 1.807) is 0 Å². The van der Waals surface area contributed by atoms with Crippen LogP contribution in [0.2, 0.25) is 0 Å². The van der Waals surface area contributed by atoms with Crippen LogP contribution in [0.4, 0.5) is 0 Å². The summed E-state index contributed by atoms with van der Waals surface area (Å²) in [6.45, 7) is 8.45. The molecule has 0 saturated carbocycles. The maximum atomic E-state index is 9.60. The number of aliphatic carboxylic acids is 5. The first kappa shape index (κ1) is 36.3. The highest BCUT2D eigenvalue weighted by molar-refractivity contribution is 5.67. The van der Waals surface area contributed by atoms with Gasteiger partial charge < -0.3 is 25.5 Å².